The van der Waals surface area contributed by atoms with Crippen molar-refractivity contribution >= 4 is 17.7 Å². The number of alkyl halides is 1. The van der Waals surface area contributed by atoms with Crippen molar-refractivity contribution in [3.8, 4) is 5.75 Å². The fourth-order valence-corrected chi connectivity index (χ4v) is 1.59. The Bertz CT molecular complexity index is 433. The zero-order valence-electron chi connectivity index (χ0n) is 12.5. The van der Waals surface area contributed by atoms with Crippen molar-refractivity contribution in [3.63, 3.8) is 0 Å². The maximum atomic E-state index is 11.4. The SMILES string of the molecule is CC(C)(C)OC(=O)NCC(O)C(Cl)COc1ccccc1. The molecule has 1 rings (SSSR count). The van der Waals surface area contributed by atoms with Crippen molar-refractivity contribution in [1.82, 2.24) is 5.32 Å². The van der Waals surface area contributed by atoms with Gasteiger partial charge in [0.25, 0.3) is 0 Å². The monoisotopic (exact) mass is 315 g/mol. The minimum absolute atomic E-state index is 0.00122. The van der Waals surface area contributed by atoms with E-state index in [1.165, 1.54) is 0 Å². The Morgan fingerprint density at radius 2 is 1.95 bits per heavy atom. The summed E-state index contributed by atoms with van der Waals surface area (Å²) in [5.74, 6) is 0.676. The normalized spacial score (nSPS) is 14.1. The molecule has 0 radical (unpaired) electrons. The summed E-state index contributed by atoms with van der Waals surface area (Å²) in [5, 5.41) is 11.7. The lowest BCUT2D eigenvalue weighted by Gasteiger charge is -2.22. The van der Waals surface area contributed by atoms with Gasteiger partial charge in [0.05, 0.1) is 11.5 Å². The van der Waals surface area contributed by atoms with Crippen molar-refractivity contribution in [2.75, 3.05) is 13.2 Å². The molecule has 2 atom stereocenters. The number of ether oxygens (including phenoxy) is 2. The van der Waals surface area contributed by atoms with Crippen LogP contribution in [-0.4, -0.2) is 41.4 Å². The fourth-order valence-electron chi connectivity index (χ4n) is 1.43. The van der Waals surface area contributed by atoms with Crippen molar-refractivity contribution in [2.45, 2.75) is 37.9 Å². The first kappa shape index (κ1) is 17.6. The molecule has 0 saturated carbocycles. The molecule has 0 saturated heterocycles. The molecular weight excluding hydrogens is 294 g/mol. The standard InChI is InChI=1S/C15H22ClNO4/c1-15(2,3)21-14(19)17-9-13(18)12(16)10-20-11-7-5-4-6-8-11/h4-8,12-13,18H,9-10H2,1-3H3,(H,17,19). The second-order valence-corrected chi connectivity index (χ2v) is 6.15. The number of rotatable bonds is 6. The number of para-hydroxylation sites is 1. The van der Waals surface area contributed by atoms with Gasteiger partial charge in [0.1, 0.15) is 18.0 Å². The van der Waals surface area contributed by atoms with Crippen LogP contribution in [0.15, 0.2) is 30.3 Å². The molecule has 21 heavy (non-hydrogen) atoms. The molecule has 2 unspecified atom stereocenters. The Morgan fingerprint density at radius 1 is 1.33 bits per heavy atom. The summed E-state index contributed by atoms with van der Waals surface area (Å²) in [6, 6.07) is 9.17. The lowest BCUT2D eigenvalue weighted by molar-refractivity contribution is 0.0484. The summed E-state index contributed by atoms with van der Waals surface area (Å²) in [5.41, 5.74) is -0.578. The van der Waals surface area contributed by atoms with Crippen molar-refractivity contribution in [1.29, 1.82) is 0 Å². The fraction of sp³-hybridized carbons (Fsp3) is 0.533. The van der Waals surface area contributed by atoms with Crippen LogP contribution >= 0.6 is 11.6 Å². The average Bonchev–Trinajstić information content (AvgIpc) is 2.41. The zero-order valence-corrected chi connectivity index (χ0v) is 13.3. The molecule has 0 aliphatic carbocycles. The van der Waals surface area contributed by atoms with Gasteiger partial charge in [-0.25, -0.2) is 4.79 Å². The highest BCUT2D eigenvalue weighted by molar-refractivity contribution is 6.21. The predicted molar refractivity (Wildman–Crippen MR) is 81.8 cm³/mol. The summed E-state index contributed by atoms with van der Waals surface area (Å²) in [6.45, 7) is 5.44. The number of benzene rings is 1. The summed E-state index contributed by atoms with van der Waals surface area (Å²) in [4.78, 5) is 11.4. The first-order valence-corrected chi connectivity index (χ1v) is 7.18. The van der Waals surface area contributed by atoms with Crippen LogP contribution in [0, 0.1) is 0 Å². The molecule has 5 nitrogen and oxygen atoms in total. The lowest BCUT2D eigenvalue weighted by atomic mass is 10.2. The van der Waals surface area contributed by atoms with Crippen molar-refractivity contribution < 1.29 is 19.4 Å². The topological polar surface area (TPSA) is 67.8 Å². The van der Waals surface area contributed by atoms with E-state index in [4.69, 9.17) is 21.1 Å². The van der Waals surface area contributed by atoms with Crippen LogP contribution in [0.1, 0.15) is 20.8 Å². The second-order valence-electron chi connectivity index (χ2n) is 5.59. The van der Waals surface area contributed by atoms with Crippen LogP contribution in [-0.2, 0) is 4.74 Å². The Balaban J connectivity index is 2.28. The van der Waals surface area contributed by atoms with Crippen LogP contribution < -0.4 is 10.1 Å². The summed E-state index contributed by atoms with van der Waals surface area (Å²) in [6.07, 6.45) is -1.52. The zero-order chi connectivity index (χ0) is 15.9. The van der Waals surface area contributed by atoms with E-state index in [1.807, 2.05) is 18.2 Å². The number of carbonyl (C=O) groups is 1. The third-order valence-electron chi connectivity index (χ3n) is 2.42. The van der Waals surface area contributed by atoms with Gasteiger partial charge in [0, 0.05) is 6.54 Å². The van der Waals surface area contributed by atoms with E-state index in [-0.39, 0.29) is 13.2 Å². The minimum atomic E-state index is -0.928. The molecule has 0 heterocycles. The van der Waals surface area contributed by atoms with Gasteiger partial charge in [0.15, 0.2) is 0 Å². The highest BCUT2D eigenvalue weighted by Crippen LogP contribution is 2.12. The minimum Gasteiger partial charge on any atom is -0.492 e. The van der Waals surface area contributed by atoms with Gasteiger partial charge in [0.2, 0.25) is 0 Å². The number of nitrogens with one attached hydrogen (secondary N) is 1. The predicted octanol–water partition coefficient (Wildman–Crippen LogP) is 2.56. The van der Waals surface area contributed by atoms with Crippen molar-refractivity contribution in [3.05, 3.63) is 30.3 Å². The summed E-state index contributed by atoms with van der Waals surface area (Å²) in [7, 11) is 0. The first-order chi connectivity index (χ1) is 9.78. The van der Waals surface area contributed by atoms with Crippen LogP contribution in [0.2, 0.25) is 0 Å². The molecule has 2 N–H and O–H groups in total. The first-order valence-electron chi connectivity index (χ1n) is 6.75. The maximum Gasteiger partial charge on any atom is 0.407 e. The Morgan fingerprint density at radius 3 is 2.52 bits per heavy atom. The number of hydrogen-bond acceptors (Lipinski definition) is 4. The maximum absolute atomic E-state index is 11.4. The molecule has 118 valence electrons. The van der Waals surface area contributed by atoms with E-state index in [9.17, 15) is 9.90 Å². The number of carbonyl (C=O) groups excluding carboxylic acids is 1. The molecule has 1 aromatic rings. The average molecular weight is 316 g/mol. The largest absolute Gasteiger partial charge is 0.492 e. The number of alkyl carbamates (subject to hydrolysis) is 1. The molecule has 0 bridgehead atoms. The van der Waals surface area contributed by atoms with Gasteiger partial charge < -0.3 is 19.9 Å². The van der Waals surface area contributed by atoms with Gasteiger partial charge in [-0.05, 0) is 32.9 Å². The Hall–Kier alpha value is -1.46. The summed E-state index contributed by atoms with van der Waals surface area (Å²) < 4.78 is 10.5. The van der Waals surface area contributed by atoms with Crippen molar-refractivity contribution in [2.24, 2.45) is 0 Å². The molecule has 0 spiro atoms. The van der Waals surface area contributed by atoms with E-state index >= 15 is 0 Å². The van der Waals surface area contributed by atoms with E-state index in [0.29, 0.717) is 5.75 Å². The number of hydrogen-bond donors (Lipinski definition) is 2. The number of halogens is 1. The number of aliphatic hydroxyl groups is 1. The number of aliphatic hydroxyl groups excluding tert-OH is 1. The Kier molecular flexibility index (Phi) is 6.78. The highest BCUT2D eigenvalue weighted by Gasteiger charge is 2.20. The van der Waals surface area contributed by atoms with Gasteiger partial charge in [-0.15, -0.1) is 11.6 Å². The molecular formula is C15H22ClNO4. The van der Waals surface area contributed by atoms with Gasteiger partial charge >= 0.3 is 6.09 Å². The molecule has 0 aliphatic rings. The number of amides is 1. The summed E-state index contributed by atoms with van der Waals surface area (Å²) >= 11 is 6.03. The molecule has 0 aromatic heterocycles. The van der Waals surface area contributed by atoms with Gasteiger partial charge in [-0.3, -0.25) is 0 Å². The van der Waals surface area contributed by atoms with E-state index in [0.717, 1.165) is 0 Å². The van der Waals surface area contributed by atoms with Crippen LogP contribution in [0.4, 0.5) is 4.79 Å². The second kappa shape index (κ2) is 8.10. The molecule has 1 amide bonds. The molecule has 1 aromatic carbocycles. The molecule has 0 aliphatic heterocycles. The highest BCUT2D eigenvalue weighted by atomic mass is 35.5. The molecule has 6 heteroatoms. The quantitative estimate of drug-likeness (QED) is 0.792. The van der Waals surface area contributed by atoms with Crippen LogP contribution in [0.3, 0.4) is 0 Å². The van der Waals surface area contributed by atoms with Crippen LogP contribution in [0.5, 0.6) is 5.75 Å². The van der Waals surface area contributed by atoms with Gasteiger partial charge in [-0.1, -0.05) is 18.2 Å². The smallest absolute Gasteiger partial charge is 0.407 e. The van der Waals surface area contributed by atoms with E-state index < -0.39 is 23.2 Å². The lowest BCUT2D eigenvalue weighted by Crippen LogP contribution is -2.41. The van der Waals surface area contributed by atoms with E-state index in [2.05, 4.69) is 5.32 Å². The van der Waals surface area contributed by atoms with Crippen LogP contribution in [0.25, 0.3) is 0 Å². The van der Waals surface area contributed by atoms with Gasteiger partial charge in [-0.2, -0.15) is 0 Å². The molecule has 0 fully saturated rings. The third-order valence-corrected chi connectivity index (χ3v) is 2.84. The van der Waals surface area contributed by atoms with E-state index in [1.54, 1.807) is 32.9 Å². The third kappa shape index (κ3) is 7.78. The Labute approximate surface area is 130 Å².